The van der Waals surface area contributed by atoms with Gasteiger partial charge in [0.1, 0.15) is 16.0 Å². The molecule has 1 aromatic carbocycles. The number of benzene rings is 1. The molecule has 0 unspecified atom stereocenters. The fraction of sp³-hybridized carbons (Fsp3) is 0.278. The number of ether oxygens (including phenoxy) is 1. The minimum atomic E-state index is -3.99. The van der Waals surface area contributed by atoms with E-state index in [-0.39, 0.29) is 38.5 Å². The number of rotatable bonds is 8. The van der Waals surface area contributed by atoms with Crippen molar-refractivity contribution in [1.82, 2.24) is 4.72 Å². The lowest BCUT2D eigenvalue weighted by atomic mass is 10.2. The summed E-state index contributed by atoms with van der Waals surface area (Å²) in [6, 6.07) is 5.57. The Morgan fingerprint density at radius 1 is 1.27 bits per heavy atom. The van der Waals surface area contributed by atoms with Gasteiger partial charge in [0.2, 0.25) is 10.0 Å². The monoisotopic (exact) mass is 489 g/mol. The van der Waals surface area contributed by atoms with E-state index in [9.17, 15) is 18.0 Å². The van der Waals surface area contributed by atoms with Crippen molar-refractivity contribution in [3.63, 3.8) is 0 Å². The number of hydrogen-bond donors (Lipinski definition) is 2. The Hall–Kier alpha value is -2.16. The van der Waals surface area contributed by atoms with Crippen LogP contribution in [0.15, 0.2) is 28.5 Å². The minimum absolute atomic E-state index is 0.0543. The third kappa shape index (κ3) is 6.17. The number of anilines is 1. The second-order valence-corrected chi connectivity index (χ2v) is 9.87. The van der Waals surface area contributed by atoms with Crippen molar-refractivity contribution in [1.29, 1.82) is 5.26 Å². The maximum atomic E-state index is 12.5. The second kappa shape index (κ2) is 10.2. The molecule has 2 rings (SSSR count). The van der Waals surface area contributed by atoms with Gasteiger partial charge in [0, 0.05) is 6.54 Å². The quantitative estimate of drug-likeness (QED) is 0.544. The van der Waals surface area contributed by atoms with Gasteiger partial charge >= 0.3 is 5.97 Å². The van der Waals surface area contributed by atoms with E-state index in [1.54, 1.807) is 5.38 Å². The molecule has 0 aliphatic rings. The van der Waals surface area contributed by atoms with Crippen LogP contribution in [0, 0.1) is 17.2 Å². The van der Waals surface area contributed by atoms with Crippen LogP contribution >= 0.6 is 34.5 Å². The Morgan fingerprint density at radius 2 is 1.97 bits per heavy atom. The molecule has 12 heteroatoms. The summed E-state index contributed by atoms with van der Waals surface area (Å²) in [6.07, 6.45) is 0. The Bertz CT molecular complexity index is 1110. The fourth-order valence-electron chi connectivity index (χ4n) is 2.11. The number of halogens is 2. The molecule has 1 heterocycles. The molecule has 1 aromatic heterocycles. The number of hydrogen-bond acceptors (Lipinski definition) is 7. The molecule has 160 valence electrons. The molecule has 0 aliphatic carbocycles. The van der Waals surface area contributed by atoms with Crippen molar-refractivity contribution in [2.45, 2.75) is 18.7 Å². The minimum Gasteiger partial charge on any atom is -0.452 e. The molecule has 2 aromatic rings. The van der Waals surface area contributed by atoms with Gasteiger partial charge in [-0.1, -0.05) is 37.0 Å². The van der Waals surface area contributed by atoms with Gasteiger partial charge in [0.25, 0.3) is 5.91 Å². The molecule has 0 spiro atoms. The highest BCUT2D eigenvalue weighted by Crippen LogP contribution is 2.29. The first-order valence-electron chi connectivity index (χ1n) is 8.48. The number of carbonyl (C=O) groups excluding carboxylic acids is 2. The van der Waals surface area contributed by atoms with Crippen LogP contribution in [0.4, 0.5) is 5.00 Å². The molecule has 0 saturated carbocycles. The van der Waals surface area contributed by atoms with Gasteiger partial charge in [-0.2, -0.15) is 5.26 Å². The molecule has 8 nitrogen and oxygen atoms in total. The number of amides is 1. The van der Waals surface area contributed by atoms with Gasteiger partial charge < -0.3 is 10.1 Å². The topological polar surface area (TPSA) is 125 Å². The zero-order chi connectivity index (χ0) is 22.5. The SMILES string of the molecule is CC(C)CNS(=O)(=O)c1cc(C(=O)OCC(=O)Nc2sccc2C#N)c(Cl)cc1Cl. The van der Waals surface area contributed by atoms with Crippen LogP contribution in [0.1, 0.15) is 29.8 Å². The van der Waals surface area contributed by atoms with Crippen molar-refractivity contribution in [3.8, 4) is 6.07 Å². The number of nitrogens with zero attached hydrogens (tertiary/aromatic N) is 1. The Balaban J connectivity index is 2.13. The van der Waals surface area contributed by atoms with Crippen LogP contribution in [0.5, 0.6) is 0 Å². The summed E-state index contributed by atoms with van der Waals surface area (Å²) in [5, 5.41) is 13.1. The van der Waals surface area contributed by atoms with E-state index in [0.717, 1.165) is 23.5 Å². The smallest absolute Gasteiger partial charge is 0.340 e. The van der Waals surface area contributed by atoms with Gasteiger partial charge in [-0.25, -0.2) is 17.9 Å². The van der Waals surface area contributed by atoms with Gasteiger partial charge in [-0.3, -0.25) is 4.79 Å². The molecule has 0 radical (unpaired) electrons. The highest BCUT2D eigenvalue weighted by Gasteiger charge is 2.24. The van der Waals surface area contributed by atoms with Crippen molar-refractivity contribution in [2.24, 2.45) is 5.92 Å². The fourth-order valence-corrected chi connectivity index (χ4v) is 4.93. The van der Waals surface area contributed by atoms with Crippen molar-refractivity contribution >= 4 is 61.4 Å². The number of nitrogens with one attached hydrogen (secondary N) is 2. The summed E-state index contributed by atoms with van der Waals surface area (Å²) >= 11 is 13.1. The highest BCUT2D eigenvalue weighted by atomic mass is 35.5. The van der Waals surface area contributed by atoms with E-state index >= 15 is 0 Å². The van der Waals surface area contributed by atoms with Crippen molar-refractivity contribution in [2.75, 3.05) is 18.5 Å². The Morgan fingerprint density at radius 3 is 2.60 bits per heavy atom. The normalized spacial score (nSPS) is 11.2. The number of esters is 1. The third-order valence-electron chi connectivity index (χ3n) is 3.59. The standard InChI is InChI=1S/C18H17Cl2N3O5S2/c1-10(2)8-22-30(26,27)15-5-12(13(19)6-14(15)20)18(25)28-9-16(24)23-17-11(7-21)3-4-29-17/h3-6,10,22H,8-9H2,1-2H3,(H,23,24). The van der Waals surface area contributed by atoms with E-state index in [0.29, 0.717) is 5.00 Å². The summed E-state index contributed by atoms with van der Waals surface area (Å²) < 4.78 is 32.3. The summed E-state index contributed by atoms with van der Waals surface area (Å²) in [5.41, 5.74) is 0.0248. The molecule has 0 aliphatic heterocycles. The van der Waals surface area contributed by atoms with Gasteiger partial charge in [-0.15, -0.1) is 11.3 Å². The zero-order valence-corrected chi connectivity index (χ0v) is 19.0. The number of carbonyl (C=O) groups is 2. The largest absolute Gasteiger partial charge is 0.452 e. The summed E-state index contributed by atoms with van der Waals surface area (Å²) in [5.74, 6) is -1.61. The van der Waals surface area contributed by atoms with Crippen LogP contribution in [-0.2, 0) is 19.6 Å². The third-order valence-corrected chi connectivity index (χ3v) is 6.62. The maximum absolute atomic E-state index is 12.5. The molecule has 1 amide bonds. The predicted octanol–water partition coefficient (Wildman–Crippen LogP) is 3.66. The van der Waals surface area contributed by atoms with E-state index < -0.39 is 28.5 Å². The molecule has 0 atom stereocenters. The summed E-state index contributed by atoms with van der Waals surface area (Å²) in [4.78, 5) is 24.0. The second-order valence-electron chi connectivity index (χ2n) is 6.41. The van der Waals surface area contributed by atoms with Crippen LogP contribution in [0.25, 0.3) is 0 Å². The molecule has 0 bridgehead atoms. The summed E-state index contributed by atoms with van der Waals surface area (Å²) in [7, 11) is -3.99. The average molecular weight is 490 g/mol. The molecular weight excluding hydrogens is 473 g/mol. The summed E-state index contributed by atoms with van der Waals surface area (Å²) in [6.45, 7) is 3.17. The lowest BCUT2D eigenvalue weighted by Gasteiger charge is -2.12. The van der Waals surface area contributed by atoms with E-state index in [1.165, 1.54) is 6.07 Å². The molecule has 0 fully saturated rings. The first-order chi connectivity index (χ1) is 14.0. The van der Waals surface area contributed by atoms with Gasteiger partial charge in [0.05, 0.1) is 21.2 Å². The van der Waals surface area contributed by atoms with E-state index in [2.05, 4.69) is 10.0 Å². The van der Waals surface area contributed by atoms with Crippen LogP contribution in [0.2, 0.25) is 10.0 Å². The number of sulfonamides is 1. The average Bonchev–Trinajstić information content (AvgIpc) is 3.11. The Labute approximate surface area is 187 Å². The van der Waals surface area contributed by atoms with Crippen LogP contribution in [-0.4, -0.2) is 33.4 Å². The zero-order valence-electron chi connectivity index (χ0n) is 15.9. The van der Waals surface area contributed by atoms with Gasteiger partial charge in [-0.05, 0) is 29.5 Å². The van der Waals surface area contributed by atoms with Crippen LogP contribution in [0.3, 0.4) is 0 Å². The van der Waals surface area contributed by atoms with E-state index in [4.69, 9.17) is 33.2 Å². The first kappa shape index (κ1) is 24.1. The molecular formula is C18H17Cl2N3O5S2. The molecule has 30 heavy (non-hydrogen) atoms. The number of nitriles is 1. The highest BCUT2D eigenvalue weighted by molar-refractivity contribution is 7.89. The maximum Gasteiger partial charge on any atom is 0.340 e. The predicted molar refractivity (Wildman–Crippen MR) is 114 cm³/mol. The number of thiophene rings is 1. The van der Waals surface area contributed by atoms with Gasteiger partial charge in [0.15, 0.2) is 6.61 Å². The van der Waals surface area contributed by atoms with E-state index in [1.807, 2.05) is 19.9 Å². The van der Waals surface area contributed by atoms with Crippen molar-refractivity contribution < 1.29 is 22.7 Å². The van der Waals surface area contributed by atoms with Crippen molar-refractivity contribution in [3.05, 3.63) is 44.8 Å². The lowest BCUT2D eigenvalue weighted by Crippen LogP contribution is -2.28. The Kier molecular flexibility index (Phi) is 8.23. The van der Waals surface area contributed by atoms with Crippen LogP contribution < -0.4 is 10.0 Å². The first-order valence-corrected chi connectivity index (χ1v) is 11.6. The lowest BCUT2D eigenvalue weighted by molar-refractivity contribution is -0.119. The molecule has 2 N–H and O–H groups in total. The molecule has 0 saturated heterocycles.